The fourth-order valence-corrected chi connectivity index (χ4v) is 4.14. The maximum Gasteiger partial charge on any atom is 0.0766 e. The highest BCUT2D eigenvalue weighted by atomic mass is 79.9. The van der Waals surface area contributed by atoms with E-state index in [4.69, 9.17) is 5.10 Å². The first kappa shape index (κ1) is 16.7. The van der Waals surface area contributed by atoms with Gasteiger partial charge in [-0.2, -0.15) is 5.10 Å². The lowest BCUT2D eigenvalue weighted by Gasteiger charge is -2.18. The lowest BCUT2D eigenvalue weighted by molar-refractivity contribution is 0.497. The van der Waals surface area contributed by atoms with Crippen molar-refractivity contribution >= 4 is 27.3 Å². The summed E-state index contributed by atoms with van der Waals surface area (Å²) in [5, 5.41) is 10.5. The molecule has 0 fully saturated rings. The summed E-state index contributed by atoms with van der Waals surface area (Å²) in [6.07, 6.45) is 3.05. The zero-order valence-electron chi connectivity index (χ0n) is 13.0. The second kappa shape index (κ2) is 8.11. The van der Waals surface area contributed by atoms with Crippen molar-refractivity contribution in [3.05, 3.63) is 38.3 Å². The molecule has 0 aliphatic carbocycles. The molecule has 0 aliphatic heterocycles. The van der Waals surface area contributed by atoms with Crippen molar-refractivity contribution in [2.45, 2.75) is 52.6 Å². The van der Waals surface area contributed by atoms with Crippen molar-refractivity contribution in [1.29, 1.82) is 0 Å². The Labute approximate surface area is 139 Å². The van der Waals surface area contributed by atoms with Crippen LogP contribution in [0.1, 0.15) is 37.0 Å². The van der Waals surface area contributed by atoms with Gasteiger partial charge in [-0.3, -0.25) is 4.68 Å². The Balaban J connectivity index is 2.17. The van der Waals surface area contributed by atoms with Gasteiger partial charge in [-0.15, -0.1) is 11.3 Å². The molecule has 0 saturated heterocycles. The Morgan fingerprint density at radius 2 is 2.14 bits per heavy atom. The molecule has 0 saturated carbocycles. The third-order valence-electron chi connectivity index (χ3n) is 3.65. The van der Waals surface area contributed by atoms with E-state index in [9.17, 15) is 0 Å². The molecule has 3 nitrogen and oxygen atoms in total. The summed E-state index contributed by atoms with van der Waals surface area (Å²) >= 11 is 5.59. The molecule has 5 heteroatoms. The van der Waals surface area contributed by atoms with Crippen LogP contribution in [0.2, 0.25) is 0 Å². The third kappa shape index (κ3) is 4.18. The predicted molar refractivity (Wildman–Crippen MR) is 94.2 cm³/mol. The van der Waals surface area contributed by atoms with E-state index in [1.54, 1.807) is 0 Å². The monoisotopic (exact) mass is 369 g/mol. The van der Waals surface area contributed by atoms with Gasteiger partial charge in [0.25, 0.3) is 0 Å². The number of aromatic nitrogens is 2. The Morgan fingerprint density at radius 1 is 1.33 bits per heavy atom. The SMILES string of the molecule is CCNC(Cc1cccs1)Cc1c(Br)c(CC)nn1CC. The van der Waals surface area contributed by atoms with E-state index in [1.807, 2.05) is 11.3 Å². The molecule has 2 aromatic rings. The molecule has 1 unspecified atom stereocenters. The predicted octanol–water partition coefficient (Wildman–Crippen LogP) is 4.05. The minimum Gasteiger partial charge on any atom is -0.314 e. The van der Waals surface area contributed by atoms with Crippen LogP contribution in [0.5, 0.6) is 0 Å². The number of hydrogen-bond acceptors (Lipinski definition) is 3. The number of hydrogen-bond donors (Lipinski definition) is 1. The van der Waals surface area contributed by atoms with Crippen LogP contribution >= 0.6 is 27.3 Å². The van der Waals surface area contributed by atoms with Gasteiger partial charge < -0.3 is 5.32 Å². The van der Waals surface area contributed by atoms with Gasteiger partial charge in [0.05, 0.1) is 15.9 Å². The van der Waals surface area contributed by atoms with Crippen LogP contribution in [-0.4, -0.2) is 22.4 Å². The summed E-state index contributed by atoms with van der Waals surface area (Å²) in [4.78, 5) is 1.44. The first-order chi connectivity index (χ1) is 10.2. The minimum absolute atomic E-state index is 0.455. The first-order valence-corrected chi connectivity index (χ1v) is 9.36. The van der Waals surface area contributed by atoms with Gasteiger partial charge in [0.1, 0.15) is 0 Å². The molecular weight excluding hydrogens is 346 g/mol. The Morgan fingerprint density at radius 3 is 2.71 bits per heavy atom. The smallest absolute Gasteiger partial charge is 0.0766 e. The van der Waals surface area contributed by atoms with Crippen LogP contribution in [0.4, 0.5) is 0 Å². The van der Waals surface area contributed by atoms with Crippen LogP contribution in [-0.2, 0) is 25.8 Å². The topological polar surface area (TPSA) is 29.9 Å². The summed E-state index contributed by atoms with van der Waals surface area (Å²) < 4.78 is 3.34. The summed E-state index contributed by atoms with van der Waals surface area (Å²) in [6.45, 7) is 8.40. The summed E-state index contributed by atoms with van der Waals surface area (Å²) in [6, 6.07) is 4.81. The minimum atomic E-state index is 0.455. The summed E-state index contributed by atoms with van der Waals surface area (Å²) in [5.41, 5.74) is 2.48. The molecular formula is C16H24BrN3S. The van der Waals surface area contributed by atoms with E-state index in [2.05, 4.69) is 64.2 Å². The van der Waals surface area contributed by atoms with E-state index in [0.29, 0.717) is 6.04 Å². The van der Waals surface area contributed by atoms with Gasteiger partial charge in [-0.05, 0) is 53.7 Å². The number of rotatable bonds is 8. The maximum absolute atomic E-state index is 4.70. The Kier molecular flexibility index (Phi) is 6.45. The molecule has 2 rings (SSSR count). The molecule has 0 spiro atoms. The molecule has 0 aliphatic rings. The van der Waals surface area contributed by atoms with Gasteiger partial charge in [0, 0.05) is 23.9 Å². The molecule has 0 bridgehead atoms. The van der Waals surface area contributed by atoms with Gasteiger partial charge in [0.2, 0.25) is 0 Å². The number of aryl methyl sites for hydroxylation is 2. The summed E-state index contributed by atoms with van der Waals surface area (Å²) in [7, 11) is 0. The number of nitrogens with zero attached hydrogens (tertiary/aromatic N) is 2. The molecule has 21 heavy (non-hydrogen) atoms. The second-order valence-electron chi connectivity index (χ2n) is 5.12. The van der Waals surface area contributed by atoms with Crippen molar-refractivity contribution < 1.29 is 0 Å². The quantitative estimate of drug-likeness (QED) is 0.760. The third-order valence-corrected chi connectivity index (χ3v) is 5.47. The van der Waals surface area contributed by atoms with Crippen molar-refractivity contribution in [2.24, 2.45) is 0 Å². The first-order valence-electron chi connectivity index (χ1n) is 7.69. The van der Waals surface area contributed by atoms with E-state index >= 15 is 0 Å². The number of thiophene rings is 1. The second-order valence-corrected chi connectivity index (χ2v) is 6.94. The zero-order valence-corrected chi connectivity index (χ0v) is 15.4. The molecule has 0 aromatic carbocycles. The molecule has 0 radical (unpaired) electrons. The molecule has 2 aromatic heterocycles. The fraction of sp³-hybridized carbons (Fsp3) is 0.562. The van der Waals surface area contributed by atoms with E-state index in [1.165, 1.54) is 20.7 Å². The average Bonchev–Trinajstić information content (AvgIpc) is 3.08. The highest BCUT2D eigenvalue weighted by Gasteiger charge is 2.18. The van der Waals surface area contributed by atoms with Crippen molar-refractivity contribution in [2.75, 3.05) is 6.54 Å². The van der Waals surface area contributed by atoms with E-state index in [-0.39, 0.29) is 0 Å². The van der Waals surface area contributed by atoms with Crippen LogP contribution in [0.3, 0.4) is 0 Å². The van der Waals surface area contributed by atoms with Gasteiger partial charge in [-0.25, -0.2) is 0 Å². The summed E-state index contributed by atoms with van der Waals surface area (Å²) in [5.74, 6) is 0. The lowest BCUT2D eigenvalue weighted by Crippen LogP contribution is -2.33. The molecule has 0 amide bonds. The highest BCUT2D eigenvalue weighted by Crippen LogP contribution is 2.24. The van der Waals surface area contributed by atoms with Crippen molar-refractivity contribution in [3.8, 4) is 0 Å². The Hall–Kier alpha value is -0.650. The van der Waals surface area contributed by atoms with Gasteiger partial charge in [0.15, 0.2) is 0 Å². The normalized spacial score (nSPS) is 12.8. The van der Waals surface area contributed by atoms with Crippen LogP contribution in [0.15, 0.2) is 22.0 Å². The zero-order chi connectivity index (χ0) is 15.2. The van der Waals surface area contributed by atoms with Crippen LogP contribution in [0.25, 0.3) is 0 Å². The highest BCUT2D eigenvalue weighted by molar-refractivity contribution is 9.10. The molecule has 116 valence electrons. The van der Waals surface area contributed by atoms with Gasteiger partial charge >= 0.3 is 0 Å². The number of nitrogens with one attached hydrogen (secondary N) is 1. The molecule has 1 atom stereocenters. The van der Waals surface area contributed by atoms with Crippen molar-refractivity contribution in [3.63, 3.8) is 0 Å². The van der Waals surface area contributed by atoms with Crippen molar-refractivity contribution in [1.82, 2.24) is 15.1 Å². The standard InChI is InChI=1S/C16H24BrN3S/c1-4-14-16(17)15(20(6-3)19-14)11-12(18-5-2)10-13-8-7-9-21-13/h7-9,12,18H,4-6,10-11H2,1-3H3. The average molecular weight is 370 g/mol. The number of likely N-dealkylation sites (N-methyl/N-ethyl adjacent to an activating group) is 1. The largest absolute Gasteiger partial charge is 0.314 e. The van der Waals surface area contributed by atoms with E-state index in [0.717, 1.165) is 32.4 Å². The molecule has 2 heterocycles. The lowest BCUT2D eigenvalue weighted by atomic mass is 10.1. The van der Waals surface area contributed by atoms with Crippen LogP contribution in [0, 0.1) is 0 Å². The number of halogens is 1. The fourth-order valence-electron chi connectivity index (χ4n) is 2.62. The Bertz CT molecular complexity index is 548. The molecule has 1 N–H and O–H groups in total. The maximum atomic E-state index is 4.70. The van der Waals surface area contributed by atoms with E-state index < -0.39 is 0 Å². The van der Waals surface area contributed by atoms with Gasteiger partial charge in [-0.1, -0.05) is 19.9 Å². The van der Waals surface area contributed by atoms with Crippen LogP contribution < -0.4 is 5.32 Å².